The van der Waals surface area contributed by atoms with Crippen molar-refractivity contribution in [3.8, 4) is 22.5 Å². The number of carbonyl (C=O) groups is 2. The molecule has 4 rings (SSSR count). The molecule has 0 aliphatic heterocycles. The molecule has 0 saturated heterocycles. The fourth-order valence-electron chi connectivity index (χ4n) is 2.79. The maximum absolute atomic E-state index is 12.6. The van der Waals surface area contributed by atoms with E-state index in [1.165, 1.54) is 6.07 Å². The first kappa shape index (κ1) is 18.9. The lowest BCUT2D eigenvalue weighted by atomic mass is 10.0. The van der Waals surface area contributed by atoms with Crippen LogP contribution < -0.4 is 5.32 Å². The Balaban J connectivity index is 1.61. The third kappa shape index (κ3) is 3.91. The van der Waals surface area contributed by atoms with E-state index in [2.05, 4.69) is 10.5 Å². The van der Waals surface area contributed by atoms with Crippen molar-refractivity contribution in [3.63, 3.8) is 0 Å². The Hall–Kier alpha value is -3.42. The Morgan fingerprint density at radius 2 is 1.76 bits per heavy atom. The smallest absolute Gasteiger partial charge is 0.339 e. The summed E-state index contributed by atoms with van der Waals surface area (Å²) in [6.45, 7) is 0. The third-order valence-electron chi connectivity index (χ3n) is 4.19. The molecular formula is C21H13ClN2O4S. The number of carboxylic acids is 1. The van der Waals surface area contributed by atoms with E-state index in [-0.39, 0.29) is 16.3 Å². The number of amides is 1. The van der Waals surface area contributed by atoms with Gasteiger partial charge in [0, 0.05) is 27.6 Å². The van der Waals surface area contributed by atoms with Crippen LogP contribution in [0.2, 0.25) is 5.02 Å². The van der Waals surface area contributed by atoms with Crippen LogP contribution >= 0.6 is 22.9 Å². The predicted molar refractivity (Wildman–Crippen MR) is 112 cm³/mol. The van der Waals surface area contributed by atoms with Crippen molar-refractivity contribution in [2.45, 2.75) is 0 Å². The predicted octanol–water partition coefficient (Wildman–Crippen LogP) is 5.67. The highest BCUT2D eigenvalue weighted by atomic mass is 35.5. The first-order valence-electron chi connectivity index (χ1n) is 8.47. The van der Waals surface area contributed by atoms with Crippen LogP contribution in [-0.2, 0) is 0 Å². The highest BCUT2D eigenvalue weighted by Gasteiger charge is 2.23. The van der Waals surface area contributed by atoms with Gasteiger partial charge in [0.15, 0.2) is 11.5 Å². The summed E-state index contributed by atoms with van der Waals surface area (Å²) in [6.07, 6.45) is 0. The molecule has 8 heteroatoms. The van der Waals surface area contributed by atoms with E-state index >= 15 is 0 Å². The van der Waals surface area contributed by atoms with E-state index in [0.717, 1.165) is 16.9 Å². The lowest BCUT2D eigenvalue weighted by Gasteiger charge is -2.05. The number of carbonyl (C=O) groups excluding carboxylic acids is 1. The minimum Gasteiger partial charge on any atom is -0.478 e. The van der Waals surface area contributed by atoms with Crippen molar-refractivity contribution in [1.29, 1.82) is 0 Å². The standard InChI is InChI=1S/C21H13ClN2O4S/c22-14-8-6-12(7-9-14)15-11-29-20(18(15)21(26)27)23-19(25)16-10-17(28-24-16)13-4-2-1-3-5-13/h1-11H,(H,23,25)(H,26,27). The van der Waals surface area contributed by atoms with Gasteiger partial charge in [-0.05, 0) is 17.7 Å². The average Bonchev–Trinajstić information content (AvgIpc) is 3.37. The average molecular weight is 425 g/mol. The Bertz CT molecular complexity index is 1180. The molecule has 0 spiro atoms. The monoisotopic (exact) mass is 424 g/mol. The van der Waals surface area contributed by atoms with Crippen molar-refractivity contribution in [3.05, 3.63) is 82.3 Å². The number of carboxylic acid groups (broad SMARTS) is 1. The Labute approximate surface area is 174 Å². The zero-order chi connectivity index (χ0) is 20.4. The van der Waals surface area contributed by atoms with Gasteiger partial charge in [0.1, 0.15) is 10.6 Å². The maximum Gasteiger partial charge on any atom is 0.339 e. The molecule has 2 aromatic carbocycles. The van der Waals surface area contributed by atoms with Crippen LogP contribution in [0.4, 0.5) is 5.00 Å². The Kier molecular flexibility index (Phi) is 5.16. The molecule has 29 heavy (non-hydrogen) atoms. The molecule has 4 aromatic rings. The fourth-order valence-corrected chi connectivity index (χ4v) is 3.87. The van der Waals surface area contributed by atoms with Crippen molar-refractivity contribution in [2.75, 3.05) is 5.32 Å². The van der Waals surface area contributed by atoms with Crippen LogP contribution in [0, 0.1) is 0 Å². The normalized spacial score (nSPS) is 10.7. The van der Waals surface area contributed by atoms with E-state index in [1.54, 1.807) is 29.6 Å². The molecule has 2 N–H and O–H groups in total. The van der Waals surface area contributed by atoms with Gasteiger partial charge in [0.05, 0.1) is 0 Å². The number of hydrogen-bond acceptors (Lipinski definition) is 5. The summed E-state index contributed by atoms with van der Waals surface area (Å²) < 4.78 is 5.24. The summed E-state index contributed by atoms with van der Waals surface area (Å²) in [7, 11) is 0. The molecule has 6 nitrogen and oxygen atoms in total. The quantitative estimate of drug-likeness (QED) is 0.430. The van der Waals surface area contributed by atoms with E-state index in [4.69, 9.17) is 16.1 Å². The van der Waals surface area contributed by atoms with E-state index in [9.17, 15) is 14.7 Å². The van der Waals surface area contributed by atoms with Gasteiger partial charge in [-0.25, -0.2) is 4.79 Å². The first-order valence-corrected chi connectivity index (χ1v) is 9.73. The topological polar surface area (TPSA) is 92.4 Å². The lowest BCUT2D eigenvalue weighted by Crippen LogP contribution is -2.13. The number of hydrogen-bond donors (Lipinski definition) is 2. The molecule has 2 heterocycles. The van der Waals surface area contributed by atoms with E-state index in [1.807, 2.05) is 30.3 Å². The zero-order valence-electron chi connectivity index (χ0n) is 14.8. The van der Waals surface area contributed by atoms with Crippen LogP contribution in [0.5, 0.6) is 0 Å². The maximum atomic E-state index is 12.6. The Morgan fingerprint density at radius 3 is 2.45 bits per heavy atom. The van der Waals surface area contributed by atoms with Gasteiger partial charge in [0.25, 0.3) is 5.91 Å². The van der Waals surface area contributed by atoms with Gasteiger partial charge in [-0.1, -0.05) is 59.2 Å². The second kappa shape index (κ2) is 7.90. The minimum atomic E-state index is -1.14. The van der Waals surface area contributed by atoms with Crippen LogP contribution in [0.15, 0.2) is 70.6 Å². The van der Waals surface area contributed by atoms with Crippen LogP contribution in [-0.4, -0.2) is 22.1 Å². The number of aromatic carboxylic acids is 1. The number of thiophene rings is 1. The Morgan fingerprint density at radius 1 is 1.03 bits per heavy atom. The summed E-state index contributed by atoms with van der Waals surface area (Å²) in [5, 5.41) is 18.6. The van der Waals surface area contributed by atoms with Crippen LogP contribution in [0.25, 0.3) is 22.5 Å². The molecule has 0 unspecified atom stereocenters. The minimum absolute atomic E-state index is 0.0115. The van der Waals surface area contributed by atoms with Crippen molar-refractivity contribution >= 4 is 39.8 Å². The highest BCUT2D eigenvalue weighted by molar-refractivity contribution is 7.15. The van der Waals surface area contributed by atoms with Gasteiger partial charge in [-0.3, -0.25) is 4.79 Å². The largest absolute Gasteiger partial charge is 0.478 e. The number of nitrogens with zero attached hydrogens (tertiary/aromatic N) is 1. The van der Waals surface area contributed by atoms with Crippen molar-refractivity contribution < 1.29 is 19.2 Å². The summed E-state index contributed by atoms with van der Waals surface area (Å²) in [4.78, 5) is 24.4. The lowest BCUT2D eigenvalue weighted by molar-refractivity contribution is 0.0699. The second-order valence-corrected chi connectivity index (χ2v) is 7.38. The summed E-state index contributed by atoms with van der Waals surface area (Å²) in [5.74, 6) is -1.25. The number of aromatic nitrogens is 1. The molecule has 0 aliphatic carbocycles. The molecule has 0 saturated carbocycles. The summed E-state index contributed by atoms with van der Waals surface area (Å²) in [6, 6.07) is 17.6. The van der Waals surface area contributed by atoms with Crippen LogP contribution in [0.1, 0.15) is 20.8 Å². The van der Waals surface area contributed by atoms with Crippen molar-refractivity contribution in [2.24, 2.45) is 0 Å². The van der Waals surface area contributed by atoms with Crippen molar-refractivity contribution in [1.82, 2.24) is 5.16 Å². The fraction of sp³-hybridized carbons (Fsp3) is 0. The molecule has 0 bridgehead atoms. The second-order valence-electron chi connectivity index (χ2n) is 6.06. The van der Waals surface area contributed by atoms with Gasteiger partial charge >= 0.3 is 5.97 Å². The number of halogens is 1. The molecule has 144 valence electrons. The number of rotatable bonds is 5. The van der Waals surface area contributed by atoms with E-state index < -0.39 is 11.9 Å². The zero-order valence-corrected chi connectivity index (χ0v) is 16.3. The molecule has 1 amide bonds. The summed E-state index contributed by atoms with van der Waals surface area (Å²) >= 11 is 7.03. The first-order chi connectivity index (χ1) is 14.0. The number of nitrogens with one attached hydrogen (secondary N) is 1. The van der Waals surface area contributed by atoms with Gasteiger partial charge < -0.3 is 14.9 Å². The molecule has 0 fully saturated rings. The molecule has 0 radical (unpaired) electrons. The van der Waals surface area contributed by atoms with Gasteiger partial charge in [-0.2, -0.15) is 0 Å². The van der Waals surface area contributed by atoms with Gasteiger partial charge in [0.2, 0.25) is 0 Å². The molecule has 0 atom stereocenters. The summed E-state index contributed by atoms with van der Waals surface area (Å²) in [5.41, 5.74) is 2.04. The SMILES string of the molecule is O=C(Nc1scc(-c2ccc(Cl)cc2)c1C(=O)O)c1cc(-c2ccccc2)on1. The van der Waals surface area contributed by atoms with Gasteiger partial charge in [-0.15, -0.1) is 11.3 Å². The van der Waals surface area contributed by atoms with Crippen LogP contribution in [0.3, 0.4) is 0 Å². The van der Waals surface area contributed by atoms with E-state index in [0.29, 0.717) is 21.9 Å². The third-order valence-corrected chi connectivity index (χ3v) is 5.34. The highest BCUT2D eigenvalue weighted by Crippen LogP contribution is 2.36. The number of anilines is 1. The molecule has 0 aliphatic rings. The molecular weight excluding hydrogens is 412 g/mol. The number of benzene rings is 2. The molecule has 2 aromatic heterocycles.